The van der Waals surface area contributed by atoms with Crippen LogP contribution >= 0.6 is 11.6 Å². The summed E-state index contributed by atoms with van der Waals surface area (Å²) in [4.78, 5) is 0. The highest BCUT2D eigenvalue weighted by Gasteiger charge is 2.17. The van der Waals surface area contributed by atoms with Crippen molar-refractivity contribution in [3.63, 3.8) is 0 Å². The first-order valence-electron chi connectivity index (χ1n) is 6.58. The minimum absolute atomic E-state index is 0.539. The third kappa shape index (κ3) is 2.94. The Morgan fingerprint density at radius 1 is 1.37 bits per heavy atom. The van der Waals surface area contributed by atoms with E-state index in [9.17, 15) is 0 Å². The van der Waals surface area contributed by atoms with Crippen LogP contribution in [0.25, 0.3) is 11.0 Å². The summed E-state index contributed by atoms with van der Waals surface area (Å²) in [5, 5.41) is 5.10. The molecular formula is C15H20ClNO2. The third-order valence-corrected chi connectivity index (χ3v) is 3.48. The quantitative estimate of drug-likeness (QED) is 0.812. The smallest absolute Gasteiger partial charge is 0.153 e. The van der Waals surface area contributed by atoms with E-state index in [1.165, 1.54) is 0 Å². The van der Waals surface area contributed by atoms with Gasteiger partial charge in [-0.1, -0.05) is 24.6 Å². The summed E-state index contributed by atoms with van der Waals surface area (Å²) in [5.41, 5.74) is 3.03. The van der Waals surface area contributed by atoms with Gasteiger partial charge >= 0.3 is 0 Å². The molecule has 1 heterocycles. The Balaban J connectivity index is 2.47. The first-order chi connectivity index (χ1) is 9.19. The van der Waals surface area contributed by atoms with Gasteiger partial charge in [0.15, 0.2) is 5.58 Å². The van der Waals surface area contributed by atoms with Gasteiger partial charge in [-0.05, 0) is 31.5 Å². The van der Waals surface area contributed by atoms with Crippen LogP contribution in [-0.2, 0) is 17.9 Å². The summed E-state index contributed by atoms with van der Waals surface area (Å²) in [6.45, 7) is 6.42. The van der Waals surface area contributed by atoms with Crippen molar-refractivity contribution in [3.8, 4) is 0 Å². The molecule has 1 aromatic carbocycles. The van der Waals surface area contributed by atoms with Crippen LogP contribution in [0.4, 0.5) is 0 Å². The van der Waals surface area contributed by atoms with Gasteiger partial charge in [0.2, 0.25) is 0 Å². The average molecular weight is 282 g/mol. The number of halogens is 1. The molecule has 0 aliphatic rings. The van der Waals surface area contributed by atoms with E-state index in [1.807, 2.05) is 12.1 Å². The van der Waals surface area contributed by atoms with Gasteiger partial charge in [-0.2, -0.15) is 0 Å². The molecule has 0 saturated carbocycles. The Bertz CT molecular complexity index is 563. The molecule has 0 atom stereocenters. The Kier molecular flexibility index (Phi) is 4.86. The van der Waals surface area contributed by atoms with E-state index in [4.69, 9.17) is 20.8 Å². The Hall–Kier alpha value is -1.03. The fourth-order valence-corrected chi connectivity index (χ4v) is 2.47. The van der Waals surface area contributed by atoms with Crippen LogP contribution < -0.4 is 5.32 Å². The number of furan rings is 1. The van der Waals surface area contributed by atoms with Crippen molar-refractivity contribution in [1.82, 2.24) is 5.32 Å². The molecule has 4 heteroatoms. The SMILES string of the molecule is CCCNCc1oc2c(Cl)ccc(C)c2c1COC. The number of hydrogen-bond donors (Lipinski definition) is 1. The molecule has 0 saturated heterocycles. The summed E-state index contributed by atoms with van der Waals surface area (Å²) >= 11 is 6.22. The van der Waals surface area contributed by atoms with Gasteiger partial charge in [0, 0.05) is 18.1 Å². The van der Waals surface area contributed by atoms with Crippen LogP contribution in [0.1, 0.15) is 30.2 Å². The normalized spacial score (nSPS) is 11.4. The molecule has 3 nitrogen and oxygen atoms in total. The minimum Gasteiger partial charge on any atom is -0.458 e. The predicted molar refractivity (Wildman–Crippen MR) is 78.7 cm³/mol. The van der Waals surface area contributed by atoms with E-state index in [0.717, 1.165) is 40.8 Å². The van der Waals surface area contributed by atoms with Crippen LogP contribution in [-0.4, -0.2) is 13.7 Å². The number of methoxy groups -OCH3 is 1. The lowest BCUT2D eigenvalue weighted by Crippen LogP contribution is -2.14. The summed E-state index contributed by atoms with van der Waals surface area (Å²) < 4.78 is 11.2. The molecule has 0 aliphatic heterocycles. The van der Waals surface area contributed by atoms with Gasteiger partial charge in [-0.25, -0.2) is 0 Å². The maximum atomic E-state index is 6.22. The van der Waals surface area contributed by atoms with Gasteiger partial charge in [0.1, 0.15) is 5.76 Å². The second-order valence-electron chi connectivity index (χ2n) is 4.68. The number of hydrogen-bond acceptors (Lipinski definition) is 3. The Morgan fingerprint density at radius 3 is 2.84 bits per heavy atom. The van der Waals surface area contributed by atoms with E-state index < -0.39 is 0 Å². The standard InChI is InChI=1S/C15H20ClNO2/c1-4-7-17-8-13-11(9-18-3)14-10(2)5-6-12(16)15(14)19-13/h5-6,17H,4,7-9H2,1-3H3. The van der Waals surface area contributed by atoms with Gasteiger partial charge in [-0.15, -0.1) is 0 Å². The topological polar surface area (TPSA) is 34.4 Å². The first kappa shape index (κ1) is 14.4. The fraction of sp³-hybridized carbons (Fsp3) is 0.467. The minimum atomic E-state index is 0.539. The second kappa shape index (κ2) is 6.42. The van der Waals surface area contributed by atoms with E-state index in [2.05, 4.69) is 19.2 Å². The largest absolute Gasteiger partial charge is 0.458 e. The van der Waals surface area contributed by atoms with E-state index in [-0.39, 0.29) is 0 Å². The van der Waals surface area contributed by atoms with Gasteiger partial charge in [0.25, 0.3) is 0 Å². The zero-order valence-corrected chi connectivity index (χ0v) is 12.4. The number of fused-ring (bicyclic) bond motifs is 1. The third-order valence-electron chi connectivity index (χ3n) is 3.18. The lowest BCUT2D eigenvalue weighted by molar-refractivity contribution is 0.183. The van der Waals surface area contributed by atoms with E-state index in [1.54, 1.807) is 7.11 Å². The number of aryl methyl sites for hydroxylation is 1. The highest BCUT2D eigenvalue weighted by Crippen LogP contribution is 2.34. The van der Waals surface area contributed by atoms with Crippen LogP contribution in [0.2, 0.25) is 5.02 Å². The molecule has 0 unspecified atom stereocenters. The number of rotatable bonds is 6. The molecule has 1 aromatic heterocycles. The molecule has 0 spiro atoms. The molecule has 0 radical (unpaired) electrons. The van der Waals surface area contributed by atoms with Crippen molar-refractivity contribution in [1.29, 1.82) is 0 Å². The summed E-state index contributed by atoms with van der Waals surface area (Å²) in [5.74, 6) is 0.918. The summed E-state index contributed by atoms with van der Waals surface area (Å²) in [6, 6.07) is 3.89. The van der Waals surface area contributed by atoms with Crippen molar-refractivity contribution in [3.05, 3.63) is 34.0 Å². The summed E-state index contributed by atoms with van der Waals surface area (Å²) in [7, 11) is 1.70. The van der Waals surface area contributed by atoms with Gasteiger partial charge in [0.05, 0.1) is 18.2 Å². The molecule has 2 aromatic rings. The summed E-state index contributed by atoms with van der Waals surface area (Å²) in [6.07, 6.45) is 1.10. The monoisotopic (exact) mass is 281 g/mol. The molecule has 0 fully saturated rings. The van der Waals surface area contributed by atoms with Crippen LogP contribution in [0.5, 0.6) is 0 Å². The molecular weight excluding hydrogens is 262 g/mol. The van der Waals surface area contributed by atoms with Crippen LogP contribution in [0, 0.1) is 6.92 Å². The Morgan fingerprint density at radius 2 is 2.16 bits per heavy atom. The van der Waals surface area contributed by atoms with E-state index in [0.29, 0.717) is 18.2 Å². The number of nitrogens with one attached hydrogen (secondary N) is 1. The number of ether oxygens (including phenoxy) is 1. The van der Waals surface area contributed by atoms with Gasteiger partial charge < -0.3 is 14.5 Å². The number of benzene rings is 1. The molecule has 2 rings (SSSR count). The van der Waals surface area contributed by atoms with Crippen molar-refractivity contribution < 1.29 is 9.15 Å². The van der Waals surface area contributed by atoms with Crippen molar-refractivity contribution in [2.24, 2.45) is 0 Å². The molecule has 104 valence electrons. The molecule has 0 aliphatic carbocycles. The van der Waals surface area contributed by atoms with Crippen LogP contribution in [0.15, 0.2) is 16.5 Å². The van der Waals surface area contributed by atoms with Gasteiger partial charge in [-0.3, -0.25) is 0 Å². The predicted octanol–water partition coefficient (Wildman–Crippen LogP) is 4.04. The maximum Gasteiger partial charge on any atom is 0.153 e. The van der Waals surface area contributed by atoms with Crippen LogP contribution in [0.3, 0.4) is 0 Å². The van der Waals surface area contributed by atoms with Crippen molar-refractivity contribution in [2.75, 3.05) is 13.7 Å². The molecule has 0 amide bonds. The zero-order valence-electron chi connectivity index (χ0n) is 11.7. The molecule has 0 bridgehead atoms. The maximum absolute atomic E-state index is 6.22. The highest BCUT2D eigenvalue weighted by atomic mass is 35.5. The lowest BCUT2D eigenvalue weighted by atomic mass is 10.1. The second-order valence-corrected chi connectivity index (χ2v) is 5.09. The van der Waals surface area contributed by atoms with E-state index >= 15 is 0 Å². The lowest BCUT2D eigenvalue weighted by Gasteiger charge is -2.04. The molecule has 1 N–H and O–H groups in total. The first-order valence-corrected chi connectivity index (χ1v) is 6.95. The molecule has 19 heavy (non-hydrogen) atoms. The zero-order chi connectivity index (χ0) is 13.8. The Labute approximate surface area is 118 Å². The average Bonchev–Trinajstić information content (AvgIpc) is 2.75. The fourth-order valence-electron chi connectivity index (χ4n) is 2.27. The van der Waals surface area contributed by atoms with Crippen molar-refractivity contribution in [2.45, 2.75) is 33.4 Å². The highest BCUT2D eigenvalue weighted by molar-refractivity contribution is 6.35. The van der Waals surface area contributed by atoms with Crippen molar-refractivity contribution >= 4 is 22.6 Å².